The molecule has 0 fully saturated rings. The molecule has 0 unspecified atom stereocenters. The Kier molecular flexibility index (Phi) is 4.21. The molecule has 0 aliphatic heterocycles. The van der Waals surface area contributed by atoms with Crippen molar-refractivity contribution in [3.8, 4) is 0 Å². The standard InChI is InChI=1S/C12H8F5N3S/c1-6-5-21-11(19-6)20-18-4-8-9(13)2-7(3-10(8)14)12(15,16)17/h2-5H,1H3,(H,19,20). The highest BCUT2D eigenvalue weighted by atomic mass is 32.1. The molecule has 0 aliphatic carbocycles. The van der Waals surface area contributed by atoms with Gasteiger partial charge in [0, 0.05) is 5.38 Å². The van der Waals surface area contributed by atoms with Gasteiger partial charge in [0.15, 0.2) is 0 Å². The molecule has 2 aromatic rings. The van der Waals surface area contributed by atoms with Gasteiger partial charge in [0.2, 0.25) is 5.13 Å². The second kappa shape index (κ2) is 5.76. The second-order valence-electron chi connectivity index (χ2n) is 4.02. The maximum Gasteiger partial charge on any atom is 0.416 e. The second-order valence-corrected chi connectivity index (χ2v) is 4.87. The third-order valence-corrected chi connectivity index (χ3v) is 3.24. The van der Waals surface area contributed by atoms with Gasteiger partial charge < -0.3 is 0 Å². The molecule has 0 aliphatic rings. The summed E-state index contributed by atoms with van der Waals surface area (Å²) in [6, 6.07) is 0.440. The Morgan fingerprint density at radius 3 is 2.33 bits per heavy atom. The van der Waals surface area contributed by atoms with Gasteiger partial charge in [-0.25, -0.2) is 13.8 Å². The zero-order valence-electron chi connectivity index (χ0n) is 10.5. The largest absolute Gasteiger partial charge is 0.416 e. The molecule has 9 heteroatoms. The first-order chi connectivity index (χ1) is 9.77. The summed E-state index contributed by atoms with van der Waals surface area (Å²) < 4.78 is 64.1. The lowest BCUT2D eigenvalue weighted by molar-refractivity contribution is -0.138. The number of aromatic nitrogens is 1. The van der Waals surface area contributed by atoms with E-state index in [1.807, 2.05) is 0 Å². The van der Waals surface area contributed by atoms with Crippen molar-refractivity contribution >= 4 is 22.7 Å². The van der Waals surface area contributed by atoms with Crippen molar-refractivity contribution < 1.29 is 22.0 Å². The van der Waals surface area contributed by atoms with E-state index in [1.165, 1.54) is 11.3 Å². The van der Waals surface area contributed by atoms with Crippen LogP contribution in [-0.4, -0.2) is 11.2 Å². The lowest BCUT2D eigenvalue weighted by Crippen LogP contribution is -2.08. The van der Waals surface area contributed by atoms with E-state index in [0.717, 1.165) is 11.9 Å². The number of hydrogen-bond acceptors (Lipinski definition) is 4. The Bertz CT molecular complexity index is 655. The number of nitrogens with one attached hydrogen (secondary N) is 1. The van der Waals surface area contributed by atoms with E-state index in [2.05, 4.69) is 15.5 Å². The number of halogens is 5. The van der Waals surface area contributed by atoms with Gasteiger partial charge in [-0.05, 0) is 19.1 Å². The molecule has 0 radical (unpaired) electrons. The number of nitrogens with zero attached hydrogens (tertiary/aromatic N) is 2. The van der Waals surface area contributed by atoms with E-state index in [9.17, 15) is 22.0 Å². The quantitative estimate of drug-likeness (QED) is 0.523. The SMILES string of the molecule is Cc1csc(NN=Cc2c(F)cc(C(F)(F)F)cc2F)n1. The molecule has 1 N–H and O–H groups in total. The van der Waals surface area contributed by atoms with Crippen LogP contribution in [-0.2, 0) is 6.18 Å². The van der Waals surface area contributed by atoms with E-state index in [0.29, 0.717) is 5.13 Å². The molecule has 1 aromatic carbocycles. The molecule has 0 saturated carbocycles. The van der Waals surface area contributed by atoms with Crippen LogP contribution in [0.5, 0.6) is 0 Å². The topological polar surface area (TPSA) is 37.3 Å². The van der Waals surface area contributed by atoms with E-state index in [4.69, 9.17) is 0 Å². The molecule has 0 atom stereocenters. The Balaban J connectivity index is 2.20. The first kappa shape index (κ1) is 15.4. The number of hydrazone groups is 1. The van der Waals surface area contributed by atoms with Crippen molar-refractivity contribution in [3.05, 3.63) is 46.0 Å². The van der Waals surface area contributed by atoms with E-state index in [1.54, 1.807) is 12.3 Å². The summed E-state index contributed by atoms with van der Waals surface area (Å²) in [5.74, 6) is -2.69. The Morgan fingerprint density at radius 1 is 1.24 bits per heavy atom. The van der Waals surface area contributed by atoms with Gasteiger partial charge in [-0.2, -0.15) is 18.3 Å². The summed E-state index contributed by atoms with van der Waals surface area (Å²) in [6.07, 6.45) is -4.05. The molecule has 0 spiro atoms. The van der Waals surface area contributed by atoms with Crippen LogP contribution in [0.3, 0.4) is 0 Å². The Hall–Kier alpha value is -2.03. The van der Waals surface area contributed by atoms with Crippen molar-refractivity contribution in [1.82, 2.24) is 4.98 Å². The molecule has 2 rings (SSSR count). The number of thiazole rings is 1. The van der Waals surface area contributed by atoms with Crippen LogP contribution in [0.25, 0.3) is 0 Å². The maximum absolute atomic E-state index is 13.5. The van der Waals surface area contributed by atoms with Gasteiger partial charge >= 0.3 is 6.18 Å². The molecular weight excluding hydrogens is 313 g/mol. The monoisotopic (exact) mass is 321 g/mol. The molecule has 1 heterocycles. The van der Waals surface area contributed by atoms with Crippen LogP contribution in [0.4, 0.5) is 27.1 Å². The molecule has 112 valence electrons. The van der Waals surface area contributed by atoms with Crippen molar-refractivity contribution in [2.75, 3.05) is 5.43 Å². The number of benzene rings is 1. The lowest BCUT2D eigenvalue weighted by atomic mass is 10.1. The zero-order chi connectivity index (χ0) is 15.6. The highest BCUT2D eigenvalue weighted by Crippen LogP contribution is 2.31. The third kappa shape index (κ3) is 3.75. The van der Waals surface area contributed by atoms with Gasteiger partial charge in [-0.15, -0.1) is 11.3 Å². The fourth-order valence-electron chi connectivity index (χ4n) is 1.43. The van der Waals surface area contributed by atoms with Crippen LogP contribution in [0.2, 0.25) is 0 Å². The average Bonchev–Trinajstić information content (AvgIpc) is 2.77. The molecule has 0 bridgehead atoms. The van der Waals surface area contributed by atoms with Crippen molar-refractivity contribution in [2.45, 2.75) is 13.1 Å². The lowest BCUT2D eigenvalue weighted by Gasteiger charge is -2.08. The smallest absolute Gasteiger partial charge is 0.253 e. The van der Waals surface area contributed by atoms with Gasteiger partial charge in [0.1, 0.15) is 11.6 Å². The highest BCUT2D eigenvalue weighted by Gasteiger charge is 2.32. The minimum atomic E-state index is -4.81. The summed E-state index contributed by atoms with van der Waals surface area (Å²) >= 11 is 1.23. The molecule has 21 heavy (non-hydrogen) atoms. The fourth-order valence-corrected chi connectivity index (χ4v) is 2.07. The first-order valence-corrected chi connectivity index (χ1v) is 6.43. The summed E-state index contributed by atoms with van der Waals surface area (Å²) in [5.41, 5.74) is 1.12. The normalized spacial score (nSPS) is 12.1. The molecular formula is C12H8F5N3S. The van der Waals surface area contributed by atoms with E-state index >= 15 is 0 Å². The summed E-state index contributed by atoms with van der Waals surface area (Å²) in [4.78, 5) is 3.99. The molecule has 1 aromatic heterocycles. The predicted octanol–water partition coefficient (Wildman–Crippen LogP) is 4.19. The summed E-state index contributed by atoms with van der Waals surface area (Å²) in [5, 5.41) is 5.68. The number of hydrogen-bond donors (Lipinski definition) is 1. The number of alkyl halides is 3. The average molecular weight is 321 g/mol. The van der Waals surface area contributed by atoms with E-state index in [-0.39, 0.29) is 12.1 Å². The Labute approximate surface area is 120 Å². The zero-order valence-corrected chi connectivity index (χ0v) is 11.3. The minimum Gasteiger partial charge on any atom is -0.253 e. The number of aryl methyl sites for hydroxylation is 1. The Morgan fingerprint density at radius 2 is 1.86 bits per heavy atom. The number of rotatable bonds is 3. The van der Waals surface area contributed by atoms with Crippen LogP contribution >= 0.6 is 11.3 Å². The van der Waals surface area contributed by atoms with E-state index < -0.39 is 28.9 Å². The minimum absolute atomic E-state index is 0.220. The first-order valence-electron chi connectivity index (χ1n) is 5.55. The van der Waals surface area contributed by atoms with Crippen LogP contribution in [0.1, 0.15) is 16.8 Å². The fraction of sp³-hybridized carbons (Fsp3) is 0.167. The van der Waals surface area contributed by atoms with Gasteiger partial charge in [-0.3, -0.25) is 5.43 Å². The molecule has 0 amide bonds. The van der Waals surface area contributed by atoms with Gasteiger partial charge in [0.25, 0.3) is 0 Å². The van der Waals surface area contributed by atoms with Crippen LogP contribution in [0, 0.1) is 18.6 Å². The third-order valence-electron chi connectivity index (χ3n) is 2.38. The van der Waals surface area contributed by atoms with Gasteiger partial charge in [-0.1, -0.05) is 0 Å². The highest BCUT2D eigenvalue weighted by molar-refractivity contribution is 7.13. The predicted molar refractivity (Wildman–Crippen MR) is 69.4 cm³/mol. The molecule has 0 saturated heterocycles. The maximum atomic E-state index is 13.5. The molecule has 3 nitrogen and oxygen atoms in total. The van der Waals surface area contributed by atoms with Gasteiger partial charge in [0.05, 0.1) is 23.0 Å². The van der Waals surface area contributed by atoms with Crippen molar-refractivity contribution in [1.29, 1.82) is 0 Å². The van der Waals surface area contributed by atoms with Crippen LogP contribution < -0.4 is 5.43 Å². The summed E-state index contributed by atoms with van der Waals surface area (Å²) in [7, 11) is 0. The summed E-state index contributed by atoms with van der Waals surface area (Å²) in [6.45, 7) is 1.75. The van der Waals surface area contributed by atoms with Crippen molar-refractivity contribution in [2.24, 2.45) is 5.10 Å². The number of anilines is 1. The van der Waals surface area contributed by atoms with Crippen LogP contribution in [0.15, 0.2) is 22.6 Å². The van der Waals surface area contributed by atoms with Crippen molar-refractivity contribution in [3.63, 3.8) is 0 Å².